The second-order valence-corrected chi connectivity index (χ2v) is 8.70. The molecule has 0 bridgehead atoms. The molecule has 0 saturated carbocycles. The van der Waals surface area contributed by atoms with Crippen LogP contribution in [0.4, 0.5) is 4.39 Å². The summed E-state index contributed by atoms with van der Waals surface area (Å²) in [6, 6.07) is 21.3. The van der Waals surface area contributed by atoms with Crippen LogP contribution in [0.2, 0.25) is 5.02 Å². The minimum absolute atomic E-state index is 0.0932. The summed E-state index contributed by atoms with van der Waals surface area (Å²) in [6.07, 6.45) is 0.336. The summed E-state index contributed by atoms with van der Waals surface area (Å²) in [7, 11) is 0. The van der Waals surface area contributed by atoms with Crippen molar-refractivity contribution in [1.29, 1.82) is 0 Å². The molecule has 0 unspecified atom stereocenters. The van der Waals surface area contributed by atoms with Crippen molar-refractivity contribution in [3.05, 3.63) is 101 Å². The van der Waals surface area contributed by atoms with Crippen LogP contribution >= 0.6 is 11.6 Å². The third kappa shape index (κ3) is 7.59. The molecular formula is C27H28ClFN2O3. The minimum atomic E-state index is -0.770. The Bertz CT molecular complexity index is 1090. The van der Waals surface area contributed by atoms with Crippen molar-refractivity contribution in [3.8, 4) is 5.75 Å². The molecule has 0 aliphatic rings. The molecule has 34 heavy (non-hydrogen) atoms. The van der Waals surface area contributed by atoms with E-state index in [2.05, 4.69) is 5.32 Å². The SMILES string of the molecule is CC(C)NC(=O)[C@H](Cc1ccccc1)N(Cc1cccc(Cl)c1)C(=O)COc1ccc(F)cc1. The van der Waals surface area contributed by atoms with Gasteiger partial charge in [0.15, 0.2) is 6.61 Å². The van der Waals surface area contributed by atoms with Gasteiger partial charge >= 0.3 is 0 Å². The highest BCUT2D eigenvalue weighted by atomic mass is 35.5. The van der Waals surface area contributed by atoms with Crippen LogP contribution in [0, 0.1) is 5.82 Å². The van der Waals surface area contributed by atoms with Crippen LogP contribution in [-0.2, 0) is 22.6 Å². The standard InChI is InChI=1S/C27H28ClFN2O3/c1-19(2)30-27(33)25(16-20-7-4-3-5-8-20)31(17-21-9-6-10-22(28)15-21)26(32)18-34-24-13-11-23(29)12-14-24/h3-15,19,25H,16-18H2,1-2H3,(H,30,33)/t25-/m0/s1. The van der Waals surface area contributed by atoms with Crippen molar-refractivity contribution in [1.82, 2.24) is 10.2 Å². The number of benzene rings is 3. The van der Waals surface area contributed by atoms with Crippen LogP contribution in [0.25, 0.3) is 0 Å². The van der Waals surface area contributed by atoms with Crippen LogP contribution in [0.1, 0.15) is 25.0 Å². The highest BCUT2D eigenvalue weighted by Crippen LogP contribution is 2.18. The smallest absolute Gasteiger partial charge is 0.261 e. The first-order chi connectivity index (χ1) is 16.3. The van der Waals surface area contributed by atoms with E-state index in [0.29, 0.717) is 17.2 Å². The van der Waals surface area contributed by atoms with E-state index in [1.54, 1.807) is 18.2 Å². The number of nitrogens with zero attached hydrogens (tertiary/aromatic N) is 1. The zero-order valence-electron chi connectivity index (χ0n) is 19.2. The normalized spacial score (nSPS) is 11.7. The second-order valence-electron chi connectivity index (χ2n) is 8.26. The largest absolute Gasteiger partial charge is 0.484 e. The Morgan fingerprint density at radius 2 is 1.65 bits per heavy atom. The van der Waals surface area contributed by atoms with E-state index in [-0.39, 0.29) is 31.0 Å². The van der Waals surface area contributed by atoms with Gasteiger partial charge in [-0.3, -0.25) is 9.59 Å². The van der Waals surface area contributed by atoms with Crippen molar-refractivity contribution in [3.63, 3.8) is 0 Å². The summed E-state index contributed by atoms with van der Waals surface area (Å²) >= 11 is 6.16. The van der Waals surface area contributed by atoms with Crippen LogP contribution in [0.15, 0.2) is 78.9 Å². The molecule has 0 spiro atoms. The zero-order chi connectivity index (χ0) is 24.5. The Balaban J connectivity index is 1.90. The molecule has 0 aliphatic heterocycles. The summed E-state index contributed by atoms with van der Waals surface area (Å²) in [5.41, 5.74) is 1.72. The second kappa shape index (κ2) is 12.2. The highest BCUT2D eigenvalue weighted by Gasteiger charge is 2.31. The molecule has 2 amide bonds. The van der Waals surface area contributed by atoms with Crippen LogP contribution in [0.5, 0.6) is 5.75 Å². The average molecular weight is 483 g/mol. The molecule has 3 rings (SSSR count). The van der Waals surface area contributed by atoms with Gasteiger partial charge in [0, 0.05) is 24.0 Å². The quantitative estimate of drug-likeness (QED) is 0.441. The van der Waals surface area contributed by atoms with Crippen LogP contribution in [0.3, 0.4) is 0 Å². The van der Waals surface area contributed by atoms with Gasteiger partial charge in [-0.15, -0.1) is 0 Å². The fraction of sp³-hybridized carbons (Fsp3) is 0.259. The number of halogens is 2. The van der Waals surface area contributed by atoms with Crippen LogP contribution < -0.4 is 10.1 Å². The molecule has 0 radical (unpaired) electrons. The number of ether oxygens (including phenoxy) is 1. The molecule has 3 aromatic carbocycles. The molecule has 0 heterocycles. The number of carbonyl (C=O) groups is 2. The number of hydrogen-bond donors (Lipinski definition) is 1. The summed E-state index contributed by atoms with van der Waals surface area (Å²) in [4.78, 5) is 28.2. The Morgan fingerprint density at radius 1 is 0.971 bits per heavy atom. The average Bonchev–Trinajstić information content (AvgIpc) is 2.81. The molecule has 5 nitrogen and oxygen atoms in total. The predicted octanol–water partition coefficient (Wildman–Crippen LogP) is 5.02. The lowest BCUT2D eigenvalue weighted by atomic mass is 10.0. The Hall–Kier alpha value is -3.38. The zero-order valence-corrected chi connectivity index (χ0v) is 20.0. The topological polar surface area (TPSA) is 58.6 Å². The first-order valence-electron chi connectivity index (χ1n) is 11.1. The first-order valence-corrected chi connectivity index (χ1v) is 11.5. The molecular weight excluding hydrogens is 455 g/mol. The van der Waals surface area contributed by atoms with E-state index in [1.165, 1.54) is 29.2 Å². The lowest BCUT2D eigenvalue weighted by Gasteiger charge is -2.32. The van der Waals surface area contributed by atoms with E-state index >= 15 is 0 Å². The molecule has 0 saturated heterocycles. The Labute approximate surface area is 204 Å². The van der Waals surface area contributed by atoms with Gasteiger partial charge in [0.25, 0.3) is 5.91 Å². The third-order valence-electron chi connectivity index (χ3n) is 5.12. The predicted molar refractivity (Wildman–Crippen MR) is 131 cm³/mol. The van der Waals surface area contributed by atoms with Gasteiger partial charge in [-0.25, -0.2) is 4.39 Å². The van der Waals surface area contributed by atoms with E-state index in [4.69, 9.17) is 16.3 Å². The van der Waals surface area contributed by atoms with Crippen molar-refractivity contribution >= 4 is 23.4 Å². The molecule has 0 aliphatic carbocycles. The molecule has 0 fully saturated rings. The van der Waals surface area contributed by atoms with Crippen LogP contribution in [-0.4, -0.2) is 35.4 Å². The van der Waals surface area contributed by atoms with Gasteiger partial charge in [-0.1, -0.05) is 54.1 Å². The van der Waals surface area contributed by atoms with Crippen molar-refractivity contribution in [2.75, 3.05) is 6.61 Å². The van der Waals surface area contributed by atoms with Gasteiger partial charge in [0.2, 0.25) is 5.91 Å². The maximum Gasteiger partial charge on any atom is 0.261 e. The Kier molecular flexibility index (Phi) is 9.05. The number of amides is 2. The maximum absolute atomic E-state index is 13.4. The lowest BCUT2D eigenvalue weighted by Crippen LogP contribution is -2.52. The summed E-state index contributed by atoms with van der Waals surface area (Å²) in [5, 5.41) is 3.47. The third-order valence-corrected chi connectivity index (χ3v) is 5.36. The molecule has 0 aromatic heterocycles. The molecule has 1 N–H and O–H groups in total. The number of rotatable bonds is 10. The molecule has 3 aromatic rings. The molecule has 178 valence electrons. The van der Waals surface area contributed by atoms with E-state index in [1.807, 2.05) is 50.2 Å². The first kappa shape index (κ1) is 25.2. The van der Waals surface area contributed by atoms with Gasteiger partial charge < -0.3 is 15.0 Å². The minimum Gasteiger partial charge on any atom is -0.484 e. The maximum atomic E-state index is 13.4. The molecule has 1 atom stereocenters. The Morgan fingerprint density at radius 3 is 2.29 bits per heavy atom. The van der Waals surface area contributed by atoms with E-state index in [0.717, 1.165) is 11.1 Å². The van der Waals surface area contributed by atoms with Crippen molar-refractivity contribution in [2.24, 2.45) is 0 Å². The highest BCUT2D eigenvalue weighted by molar-refractivity contribution is 6.30. The number of nitrogens with one attached hydrogen (secondary N) is 1. The summed E-state index contributed by atoms with van der Waals surface area (Å²) in [5.74, 6) is -0.654. The van der Waals surface area contributed by atoms with Gasteiger partial charge in [-0.2, -0.15) is 0 Å². The fourth-order valence-electron chi connectivity index (χ4n) is 3.53. The van der Waals surface area contributed by atoms with Crippen molar-refractivity contribution < 1.29 is 18.7 Å². The molecule has 7 heteroatoms. The monoisotopic (exact) mass is 482 g/mol. The van der Waals surface area contributed by atoms with E-state index in [9.17, 15) is 14.0 Å². The van der Waals surface area contributed by atoms with Gasteiger partial charge in [-0.05, 0) is 61.4 Å². The number of carbonyl (C=O) groups excluding carboxylic acids is 2. The van der Waals surface area contributed by atoms with Gasteiger partial charge in [0.05, 0.1) is 0 Å². The van der Waals surface area contributed by atoms with E-state index < -0.39 is 11.9 Å². The lowest BCUT2D eigenvalue weighted by molar-refractivity contribution is -0.143. The summed E-state index contributed by atoms with van der Waals surface area (Å²) in [6.45, 7) is 3.62. The van der Waals surface area contributed by atoms with Gasteiger partial charge in [0.1, 0.15) is 17.6 Å². The fourth-order valence-corrected chi connectivity index (χ4v) is 3.74. The van der Waals surface area contributed by atoms with Crippen molar-refractivity contribution in [2.45, 2.75) is 38.9 Å². The number of hydrogen-bond acceptors (Lipinski definition) is 3. The summed E-state index contributed by atoms with van der Waals surface area (Å²) < 4.78 is 18.8.